The maximum absolute atomic E-state index is 2.26. The quantitative estimate of drug-likeness (QED) is 0.203. The molecule has 0 nitrogen and oxygen atoms in total. The van der Waals surface area contributed by atoms with Crippen LogP contribution in [0, 0.1) is 6.92 Å². The SMILES string of the molecule is C[CH]=[Zr+2].Cc1cc2c(-c3ccccc3)cccc2[cH-]1.c1ccc2c(c1)[cH-]c1ccccc12. The molecular formula is C31H26Zr. The zero-order valence-corrected chi connectivity index (χ0v) is 21.0. The fourth-order valence-electron chi connectivity index (χ4n) is 4.16. The molecule has 0 saturated carbocycles. The summed E-state index contributed by atoms with van der Waals surface area (Å²) in [5.41, 5.74) is 3.95. The Morgan fingerprint density at radius 3 is 1.72 bits per heavy atom. The summed E-state index contributed by atoms with van der Waals surface area (Å²) in [6.07, 6.45) is 0. The first-order valence-corrected chi connectivity index (χ1v) is 12.3. The summed E-state index contributed by atoms with van der Waals surface area (Å²) < 4.78 is 2.09. The maximum Gasteiger partial charge on any atom is -0.0279 e. The first-order valence-electron chi connectivity index (χ1n) is 10.9. The van der Waals surface area contributed by atoms with Crippen LogP contribution in [0.4, 0.5) is 0 Å². The van der Waals surface area contributed by atoms with Crippen molar-refractivity contribution in [2.24, 2.45) is 0 Å². The van der Waals surface area contributed by atoms with Crippen molar-refractivity contribution in [3.63, 3.8) is 0 Å². The molecule has 32 heavy (non-hydrogen) atoms. The summed E-state index contributed by atoms with van der Waals surface area (Å²) in [6.45, 7) is 4.19. The van der Waals surface area contributed by atoms with E-state index in [9.17, 15) is 0 Å². The van der Waals surface area contributed by atoms with Crippen molar-refractivity contribution >= 4 is 36.0 Å². The molecule has 6 aromatic carbocycles. The average Bonchev–Trinajstić information content (AvgIpc) is 3.40. The van der Waals surface area contributed by atoms with Crippen molar-refractivity contribution in [1.82, 2.24) is 0 Å². The van der Waals surface area contributed by atoms with Crippen LogP contribution in [0.5, 0.6) is 0 Å². The number of benzene rings is 4. The van der Waals surface area contributed by atoms with Gasteiger partial charge in [0.15, 0.2) is 0 Å². The molecule has 6 rings (SSSR count). The largest absolute Gasteiger partial charge is 0.165 e. The van der Waals surface area contributed by atoms with E-state index in [-0.39, 0.29) is 0 Å². The second kappa shape index (κ2) is 10.6. The summed E-state index contributed by atoms with van der Waals surface area (Å²) in [6, 6.07) is 40.8. The molecule has 1 heteroatoms. The van der Waals surface area contributed by atoms with Gasteiger partial charge in [0, 0.05) is 0 Å². The zero-order valence-electron chi connectivity index (χ0n) is 18.5. The van der Waals surface area contributed by atoms with Gasteiger partial charge in [-0.25, -0.2) is 0 Å². The van der Waals surface area contributed by atoms with Crippen molar-refractivity contribution in [3.05, 3.63) is 121 Å². The maximum atomic E-state index is 2.26. The van der Waals surface area contributed by atoms with Crippen LogP contribution in [-0.4, -0.2) is 3.71 Å². The molecule has 0 N–H and O–H groups in total. The molecule has 0 saturated heterocycles. The van der Waals surface area contributed by atoms with Crippen molar-refractivity contribution in [2.45, 2.75) is 13.8 Å². The Balaban J connectivity index is 0.000000139. The Morgan fingerprint density at radius 2 is 1.09 bits per heavy atom. The minimum atomic E-state index is 1.29. The smallest absolute Gasteiger partial charge is 0.0279 e. The van der Waals surface area contributed by atoms with E-state index in [2.05, 4.69) is 126 Å². The van der Waals surface area contributed by atoms with Gasteiger partial charge < -0.3 is 0 Å². The number of aryl methyl sites for hydroxylation is 1. The first-order chi connectivity index (χ1) is 15.7. The van der Waals surface area contributed by atoms with Gasteiger partial charge in [0.1, 0.15) is 0 Å². The molecule has 6 aromatic rings. The van der Waals surface area contributed by atoms with Gasteiger partial charge in [-0.1, -0.05) is 85.3 Å². The fraction of sp³-hybridized carbons (Fsp3) is 0.0645. The van der Waals surface area contributed by atoms with E-state index >= 15 is 0 Å². The topological polar surface area (TPSA) is 0 Å². The van der Waals surface area contributed by atoms with Gasteiger partial charge in [-0.2, -0.15) is 6.07 Å². The van der Waals surface area contributed by atoms with E-state index < -0.39 is 0 Å². The Hall–Kier alpha value is -2.89. The third kappa shape index (κ3) is 4.95. The third-order valence-corrected chi connectivity index (χ3v) is 5.50. The summed E-state index contributed by atoms with van der Waals surface area (Å²) in [7, 11) is 0. The number of fused-ring (bicyclic) bond motifs is 4. The summed E-state index contributed by atoms with van der Waals surface area (Å²) in [5, 5.41) is 8.08. The second-order valence-corrected chi connectivity index (χ2v) is 9.23. The molecule has 0 amide bonds. The molecule has 0 radical (unpaired) electrons. The van der Waals surface area contributed by atoms with Crippen molar-refractivity contribution < 1.29 is 24.2 Å². The van der Waals surface area contributed by atoms with Crippen molar-refractivity contribution in [1.29, 1.82) is 0 Å². The number of hydrogen-bond donors (Lipinski definition) is 0. The molecule has 0 unspecified atom stereocenters. The normalized spacial score (nSPS) is 10.4. The molecule has 154 valence electrons. The van der Waals surface area contributed by atoms with E-state index in [1.807, 2.05) is 6.92 Å². The first kappa shape index (κ1) is 22.3. The molecule has 0 aliphatic carbocycles. The fourth-order valence-corrected chi connectivity index (χ4v) is 4.16. The van der Waals surface area contributed by atoms with E-state index in [4.69, 9.17) is 0 Å². The van der Waals surface area contributed by atoms with Crippen LogP contribution < -0.4 is 0 Å². The summed E-state index contributed by atoms with van der Waals surface area (Å²) in [5.74, 6) is 0. The number of hydrogen-bond acceptors (Lipinski definition) is 0. The van der Waals surface area contributed by atoms with Gasteiger partial charge >= 0.3 is 34.9 Å². The molecule has 0 aliphatic rings. The van der Waals surface area contributed by atoms with Crippen LogP contribution in [0.3, 0.4) is 0 Å². The minimum Gasteiger partial charge on any atom is -0.165 e. The van der Waals surface area contributed by atoms with Gasteiger partial charge in [-0.3, -0.25) is 0 Å². The standard InChI is InChI=1S/C16H13.C13H9.C2H4.Zr/c1-12-10-14-8-5-9-15(16(14)11-12)13-6-3-2-4-7-13;1-3-7-12-10(5-1)9-11-6-2-4-8-13(11)12;1-2;/h2-11H,1H3;1-9H;1H,2H3;/q2*-1;;+2. The Bertz CT molecular complexity index is 1400. The van der Waals surface area contributed by atoms with Gasteiger partial charge in [-0.05, 0) is 5.56 Å². The molecule has 0 fully saturated rings. The molecule has 0 bridgehead atoms. The van der Waals surface area contributed by atoms with Crippen LogP contribution in [0.2, 0.25) is 0 Å². The predicted molar refractivity (Wildman–Crippen MR) is 138 cm³/mol. The Morgan fingerprint density at radius 1 is 0.594 bits per heavy atom. The Labute approximate surface area is 205 Å². The zero-order chi connectivity index (χ0) is 22.3. The van der Waals surface area contributed by atoms with Crippen molar-refractivity contribution in [2.75, 3.05) is 0 Å². The third-order valence-electron chi connectivity index (χ3n) is 5.50. The van der Waals surface area contributed by atoms with E-state index in [1.165, 1.54) is 73.2 Å². The van der Waals surface area contributed by atoms with E-state index in [0.29, 0.717) is 0 Å². The molecule has 0 spiro atoms. The molecule has 0 atom stereocenters. The molecule has 0 aromatic heterocycles. The van der Waals surface area contributed by atoms with Crippen LogP contribution in [0.1, 0.15) is 12.5 Å². The van der Waals surface area contributed by atoms with Crippen LogP contribution in [0.25, 0.3) is 43.4 Å². The minimum absolute atomic E-state index is 1.29. The van der Waals surface area contributed by atoms with Crippen molar-refractivity contribution in [3.8, 4) is 11.1 Å². The van der Waals surface area contributed by atoms with E-state index in [0.717, 1.165) is 0 Å². The van der Waals surface area contributed by atoms with Crippen LogP contribution in [0.15, 0.2) is 115 Å². The van der Waals surface area contributed by atoms with Gasteiger partial charge in [0.25, 0.3) is 0 Å². The average molecular weight is 490 g/mol. The predicted octanol–water partition coefficient (Wildman–Crippen LogP) is 8.60. The van der Waals surface area contributed by atoms with Gasteiger partial charge in [0.05, 0.1) is 0 Å². The molecular weight excluding hydrogens is 464 g/mol. The van der Waals surface area contributed by atoms with Crippen LogP contribution in [-0.2, 0) is 24.2 Å². The number of rotatable bonds is 1. The molecule has 0 aliphatic heterocycles. The molecule has 0 heterocycles. The monoisotopic (exact) mass is 488 g/mol. The van der Waals surface area contributed by atoms with E-state index in [1.54, 1.807) is 0 Å². The van der Waals surface area contributed by atoms with Gasteiger partial charge in [-0.15, -0.1) is 74.3 Å². The summed E-state index contributed by atoms with van der Waals surface area (Å²) >= 11 is 1.51. The summed E-state index contributed by atoms with van der Waals surface area (Å²) in [4.78, 5) is 0. The van der Waals surface area contributed by atoms with Crippen LogP contribution >= 0.6 is 0 Å². The van der Waals surface area contributed by atoms with Gasteiger partial charge in [0.2, 0.25) is 0 Å². The Kier molecular flexibility index (Phi) is 7.40. The second-order valence-electron chi connectivity index (χ2n) is 7.81.